The number of hydrogen-bond acceptors (Lipinski definition) is 5. The zero-order chi connectivity index (χ0) is 18.8. The second kappa shape index (κ2) is 13.1. The van der Waals surface area contributed by atoms with Crippen molar-refractivity contribution >= 4 is 29.9 Å². The number of morpholine rings is 1. The lowest BCUT2D eigenvalue weighted by atomic mass is 9.84. The maximum absolute atomic E-state index is 9.39. The van der Waals surface area contributed by atoms with Gasteiger partial charge < -0.3 is 25.2 Å². The third-order valence-electron chi connectivity index (χ3n) is 5.51. The summed E-state index contributed by atoms with van der Waals surface area (Å²) < 4.78 is 11.1. The van der Waals surface area contributed by atoms with Gasteiger partial charge in [-0.05, 0) is 25.7 Å². The van der Waals surface area contributed by atoms with Crippen LogP contribution in [-0.4, -0.2) is 87.8 Å². The van der Waals surface area contributed by atoms with E-state index in [1.165, 1.54) is 0 Å². The van der Waals surface area contributed by atoms with Gasteiger partial charge in [-0.15, -0.1) is 24.0 Å². The van der Waals surface area contributed by atoms with Gasteiger partial charge in [-0.2, -0.15) is 0 Å². The lowest BCUT2D eigenvalue weighted by Crippen LogP contribution is -2.52. The van der Waals surface area contributed by atoms with Crippen molar-refractivity contribution in [1.29, 1.82) is 0 Å². The maximum Gasteiger partial charge on any atom is 0.191 e. The molecule has 2 fully saturated rings. The Balaban J connectivity index is 0.00000364. The van der Waals surface area contributed by atoms with Gasteiger partial charge in [0.2, 0.25) is 0 Å². The number of nitrogens with zero attached hydrogens (tertiary/aromatic N) is 2. The number of aliphatic imine (C=N–C) groups is 1. The molecule has 0 aliphatic carbocycles. The number of halogens is 1. The zero-order valence-electron chi connectivity index (χ0n) is 17.2. The highest BCUT2D eigenvalue weighted by molar-refractivity contribution is 14.0. The van der Waals surface area contributed by atoms with Crippen LogP contribution in [0.3, 0.4) is 0 Å². The van der Waals surface area contributed by atoms with Crippen LogP contribution in [0.5, 0.6) is 0 Å². The van der Waals surface area contributed by atoms with Crippen LogP contribution in [0.2, 0.25) is 0 Å². The van der Waals surface area contributed by atoms with Gasteiger partial charge in [0.05, 0.1) is 26.4 Å². The van der Waals surface area contributed by atoms with Gasteiger partial charge in [-0.3, -0.25) is 9.89 Å². The molecule has 0 aromatic carbocycles. The van der Waals surface area contributed by atoms with Gasteiger partial charge in [-0.25, -0.2) is 0 Å². The van der Waals surface area contributed by atoms with Crippen LogP contribution in [0.4, 0.5) is 0 Å². The maximum atomic E-state index is 9.39. The molecule has 0 aromatic rings. The lowest BCUT2D eigenvalue weighted by Gasteiger charge is -2.37. The molecule has 2 heterocycles. The molecule has 2 rings (SSSR count). The van der Waals surface area contributed by atoms with Crippen LogP contribution in [-0.2, 0) is 9.47 Å². The normalized spacial score (nSPS) is 25.3. The van der Waals surface area contributed by atoms with Crippen molar-refractivity contribution in [3.05, 3.63) is 0 Å². The zero-order valence-corrected chi connectivity index (χ0v) is 19.5. The molecule has 0 radical (unpaired) electrons. The van der Waals surface area contributed by atoms with E-state index in [0.717, 1.165) is 64.8 Å². The Hall–Kier alpha value is -0.160. The Morgan fingerprint density at radius 2 is 1.93 bits per heavy atom. The summed E-state index contributed by atoms with van der Waals surface area (Å²) in [6, 6.07) is 0.462. The van der Waals surface area contributed by atoms with Crippen LogP contribution in [0, 0.1) is 11.3 Å². The lowest BCUT2D eigenvalue weighted by molar-refractivity contribution is 0.00751. The molecular formula is C19H39IN4O3. The summed E-state index contributed by atoms with van der Waals surface area (Å²) in [6.45, 7) is 14.3. The molecule has 2 aliphatic heterocycles. The Bertz CT molecular complexity index is 425. The predicted molar refractivity (Wildman–Crippen MR) is 120 cm³/mol. The van der Waals surface area contributed by atoms with Gasteiger partial charge in [0.15, 0.2) is 5.96 Å². The Kier molecular flexibility index (Phi) is 12.1. The molecule has 2 unspecified atom stereocenters. The number of aliphatic hydroxyl groups excluding tert-OH is 1. The summed E-state index contributed by atoms with van der Waals surface area (Å²) in [7, 11) is 0. The van der Waals surface area contributed by atoms with E-state index < -0.39 is 0 Å². The van der Waals surface area contributed by atoms with Gasteiger partial charge in [0.25, 0.3) is 0 Å². The number of hydrogen-bond donors (Lipinski definition) is 3. The minimum Gasteiger partial charge on any atom is -0.396 e. The van der Waals surface area contributed by atoms with Crippen LogP contribution in [0.15, 0.2) is 4.99 Å². The third kappa shape index (κ3) is 8.00. The second-order valence-electron chi connectivity index (χ2n) is 7.81. The van der Waals surface area contributed by atoms with Crippen molar-refractivity contribution in [1.82, 2.24) is 15.5 Å². The second-order valence-corrected chi connectivity index (χ2v) is 7.81. The average molecular weight is 498 g/mol. The van der Waals surface area contributed by atoms with Gasteiger partial charge in [0, 0.05) is 50.8 Å². The summed E-state index contributed by atoms with van der Waals surface area (Å²) in [5, 5.41) is 16.3. The SMILES string of the molecule is CCNC(=NCC1(CCO)CCOC1)NCC(C(C)C)N1CCOCC1.I. The van der Waals surface area contributed by atoms with Gasteiger partial charge in [0.1, 0.15) is 0 Å². The van der Waals surface area contributed by atoms with Crippen LogP contribution >= 0.6 is 24.0 Å². The molecule has 0 saturated carbocycles. The summed E-state index contributed by atoms with van der Waals surface area (Å²) in [5.74, 6) is 1.42. The highest BCUT2D eigenvalue weighted by Gasteiger charge is 2.34. The molecule has 2 atom stereocenters. The van der Waals surface area contributed by atoms with Crippen molar-refractivity contribution < 1.29 is 14.6 Å². The molecule has 160 valence electrons. The van der Waals surface area contributed by atoms with E-state index in [4.69, 9.17) is 14.5 Å². The summed E-state index contributed by atoms with van der Waals surface area (Å²) >= 11 is 0. The smallest absolute Gasteiger partial charge is 0.191 e. The first kappa shape index (κ1) is 24.9. The van der Waals surface area contributed by atoms with E-state index in [0.29, 0.717) is 25.1 Å². The van der Waals surface area contributed by atoms with Crippen LogP contribution < -0.4 is 10.6 Å². The molecule has 0 amide bonds. The van der Waals surface area contributed by atoms with E-state index >= 15 is 0 Å². The average Bonchev–Trinajstić information content (AvgIpc) is 3.09. The number of aliphatic hydroxyl groups is 1. The first-order valence-corrected chi connectivity index (χ1v) is 10.1. The quantitative estimate of drug-likeness (QED) is 0.253. The molecule has 0 bridgehead atoms. The first-order chi connectivity index (χ1) is 12.6. The molecule has 2 saturated heterocycles. The fraction of sp³-hybridized carbons (Fsp3) is 0.947. The summed E-state index contributed by atoms with van der Waals surface area (Å²) in [4.78, 5) is 7.34. The number of guanidine groups is 1. The molecule has 8 heteroatoms. The van der Waals surface area contributed by atoms with E-state index in [9.17, 15) is 5.11 Å². The van der Waals surface area contributed by atoms with Gasteiger partial charge >= 0.3 is 0 Å². The Morgan fingerprint density at radius 3 is 2.48 bits per heavy atom. The molecule has 0 aromatic heterocycles. The fourth-order valence-electron chi connectivity index (χ4n) is 3.77. The number of rotatable bonds is 9. The third-order valence-corrected chi connectivity index (χ3v) is 5.51. The minimum absolute atomic E-state index is 0. The largest absolute Gasteiger partial charge is 0.396 e. The molecule has 3 N–H and O–H groups in total. The number of ether oxygens (including phenoxy) is 2. The van der Waals surface area contributed by atoms with E-state index in [1.807, 2.05) is 0 Å². The molecular weight excluding hydrogens is 459 g/mol. The van der Waals surface area contributed by atoms with Gasteiger partial charge in [-0.1, -0.05) is 13.8 Å². The molecule has 7 nitrogen and oxygen atoms in total. The van der Waals surface area contributed by atoms with Crippen LogP contribution in [0.25, 0.3) is 0 Å². The summed E-state index contributed by atoms with van der Waals surface area (Å²) in [6.07, 6.45) is 1.72. The molecule has 0 spiro atoms. The molecule has 27 heavy (non-hydrogen) atoms. The minimum atomic E-state index is -0.0151. The van der Waals surface area contributed by atoms with Crippen molar-refractivity contribution in [2.24, 2.45) is 16.3 Å². The highest BCUT2D eigenvalue weighted by atomic mass is 127. The summed E-state index contributed by atoms with van der Waals surface area (Å²) in [5.41, 5.74) is -0.0151. The van der Waals surface area contributed by atoms with E-state index in [-0.39, 0.29) is 36.0 Å². The van der Waals surface area contributed by atoms with E-state index in [1.54, 1.807) is 0 Å². The highest BCUT2D eigenvalue weighted by Crippen LogP contribution is 2.32. The Labute approximate surface area is 181 Å². The first-order valence-electron chi connectivity index (χ1n) is 10.1. The van der Waals surface area contributed by atoms with Crippen molar-refractivity contribution in [2.45, 2.75) is 39.7 Å². The number of nitrogens with one attached hydrogen (secondary N) is 2. The Morgan fingerprint density at radius 1 is 1.19 bits per heavy atom. The van der Waals surface area contributed by atoms with Crippen molar-refractivity contribution in [3.63, 3.8) is 0 Å². The van der Waals surface area contributed by atoms with Crippen molar-refractivity contribution in [3.8, 4) is 0 Å². The van der Waals surface area contributed by atoms with Crippen LogP contribution in [0.1, 0.15) is 33.6 Å². The van der Waals surface area contributed by atoms with E-state index in [2.05, 4.69) is 36.3 Å². The topological polar surface area (TPSA) is 78.4 Å². The van der Waals surface area contributed by atoms with Crippen molar-refractivity contribution in [2.75, 3.05) is 65.8 Å². The monoisotopic (exact) mass is 498 g/mol. The standard InChI is InChI=1S/C19H38N4O3.HI/c1-4-20-18(22-14-19(5-9-24)6-10-26-15-19)21-13-17(16(2)3)23-7-11-25-12-8-23;/h16-17,24H,4-15H2,1-3H3,(H2,20,21,22);1H. The predicted octanol–water partition coefficient (Wildman–Crippen LogP) is 1.31. The fourth-order valence-corrected chi connectivity index (χ4v) is 3.77. The molecule has 2 aliphatic rings.